The van der Waals surface area contributed by atoms with E-state index in [1.54, 1.807) is 4.90 Å². The van der Waals surface area contributed by atoms with Crippen molar-refractivity contribution in [2.24, 2.45) is 0 Å². The topological polar surface area (TPSA) is 96.7 Å². The fourth-order valence-electron chi connectivity index (χ4n) is 4.07. The summed E-state index contributed by atoms with van der Waals surface area (Å²) in [5.41, 5.74) is -1.25. The van der Waals surface area contributed by atoms with Crippen LogP contribution in [0.25, 0.3) is 11.0 Å². The van der Waals surface area contributed by atoms with Crippen molar-refractivity contribution in [2.75, 3.05) is 31.1 Å². The molecular formula is C18H18F2N4O4. The third-order valence-electron chi connectivity index (χ3n) is 5.61. The molecule has 1 saturated carbocycles. The molecule has 3 fully saturated rings. The lowest BCUT2D eigenvalue weighted by Gasteiger charge is -2.25. The Kier molecular flexibility index (Phi) is 3.88. The van der Waals surface area contributed by atoms with Gasteiger partial charge in [-0.05, 0) is 6.07 Å². The van der Waals surface area contributed by atoms with Gasteiger partial charge in [0.15, 0.2) is 11.6 Å². The number of fused-ring (bicyclic) bond motifs is 2. The Balaban J connectivity index is 1.64. The number of anilines is 1. The second kappa shape index (κ2) is 6.21. The van der Waals surface area contributed by atoms with Crippen molar-refractivity contribution < 1.29 is 23.4 Å². The van der Waals surface area contributed by atoms with Crippen molar-refractivity contribution in [3.8, 4) is 0 Å². The summed E-state index contributed by atoms with van der Waals surface area (Å²) >= 11 is 0. The number of morpholine rings is 1. The molecule has 0 aromatic carbocycles. The molecule has 1 aliphatic carbocycles. The molecule has 2 saturated heterocycles. The van der Waals surface area contributed by atoms with Crippen LogP contribution in [0.2, 0.25) is 0 Å². The molecule has 2 N–H and O–H groups in total. The minimum absolute atomic E-state index is 0.0552. The monoisotopic (exact) mass is 392 g/mol. The predicted molar refractivity (Wildman–Crippen MR) is 95.2 cm³/mol. The van der Waals surface area contributed by atoms with Crippen LogP contribution >= 0.6 is 0 Å². The van der Waals surface area contributed by atoms with E-state index in [0.717, 1.165) is 18.8 Å². The lowest BCUT2D eigenvalue weighted by molar-refractivity contribution is 0.0212. The molecule has 148 valence electrons. The van der Waals surface area contributed by atoms with Gasteiger partial charge < -0.3 is 24.6 Å². The van der Waals surface area contributed by atoms with Gasteiger partial charge >= 0.3 is 5.97 Å². The number of ether oxygens (including phenoxy) is 1. The summed E-state index contributed by atoms with van der Waals surface area (Å²) in [4.78, 5) is 30.0. The van der Waals surface area contributed by atoms with E-state index in [2.05, 4.69) is 10.3 Å². The van der Waals surface area contributed by atoms with Crippen LogP contribution in [0, 0.1) is 5.82 Å². The van der Waals surface area contributed by atoms with Crippen LogP contribution in [-0.2, 0) is 4.74 Å². The first kappa shape index (κ1) is 17.5. The third kappa shape index (κ3) is 2.67. The van der Waals surface area contributed by atoms with Crippen LogP contribution in [0.1, 0.15) is 22.8 Å². The summed E-state index contributed by atoms with van der Waals surface area (Å²) in [5, 5.41) is 12.4. The second-order valence-corrected chi connectivity index (χ2v) is 7.44. The highest BCUT2D eigenvalue weighted by Crippen LogP contribution is 2.40. The Bertz CT molecular complexity index is 1030. The summed E-state index contributed by atoms with van der Waals surface area (Å²) < 4.78 is 35.6. The van der Waals surface area contributed by atoms with Crippen molar-refractivity contribution in [1.29, 1.82) is 0 Å². The summed E-state index contributed by atoms with van der Waals surface area (Å²) in [6.07, 6.45) is 0.0907. The fraction of sp³-hybridized carbons (Fsp3) is 0.500. The summed E-state index contributed by atoms with van der Waals surface area (Å²) in [5.74, 6) is -2.10. The summed E-state index contributed by atoms with van der Waals surface area (Å²) in [6, 6.07) is 0.466. The summed E-state index contributed by atoms with van der Waals surface area (Å²) in [7, 11) is 0. The smallest absolute Gasteiger partial charge is 0.341 e. The molecule has 0 radical (unpaired) electrons. The zero-order valence-corrected chi connectivity index (χ0v) is 14.8. The molecule has 8 nitrogen and oxygen atoms in total. The van der Waals surface area contributed by atoms with Crippen LogP contribution in [0.5, 0.6) is 0 Å². The van der Waals surface area contributed by atoms with E-state index in [9.17, 15) is 23.5 Å². The van der Waals surface area contributed by atoms with Crippen LogP contribution in [-0.4, -0.2) is 65.2 Å². The molecule has 4 heterocycles. The Hall–Kier alpha value is -2.59. The van der Waals surface area contributed by atoms with E-state index in [0.29, 0.717) is 19.7 Å². The van der Waals surface area contributed by atoms with E-state index in [4.69, 9.17) is 4.74 Å². The number of carboxylic acids is 1. The molecule has 4 atom stereocenters. The number of halogens is 2. The first-order chi connectivity index (χ1) is 13.4. The van der Waals surface area contributed by atoms with Crippen LogP contribution < -0.4 is 15.6 Å². The minimum Gasteiger partial charge on any atom is -0.477 e. The van der Waals surface area contributed by atoms with Gasteiger partial charge in [0.1, 0.15) is 17.4 Å². The van der Waals surface area contributed by atoms with Gasteiger partial charge in [-0.2, -0.15) is 0 Å². The average Bonchev–Trinajstić information content (AvgIpc) is 3.23. The molecule has 0 spiro atoms. The van der Waals surface area contributed by atoms with Gasteiger partial charge in [-0.15, -0.1) is 0 Å². The van der Waals surface area contributed by atoms with Gasteiger partial charge in [-0.1, -0.05) is 0 Å². The SMILES string of the molecule is O=C(O)c1cn(C2CC2F)c2nc(N3C[C@@H]4NCCO[C@@H]4C3)c(F)cc2c1=O. The molecule has 2 aromatic heterocycles. The molecule has 2 aliphatic heterocycles. The van der Waals surface area contributed by atoms with E-state index in [1.165, 1.54) is 4.57 Å². The minimum atomic E-state index is -1.44. The number of carboxylic acid groups (broad SMARTS) is 1. The second-order valence-electron chi connectivity index (χ2n) is 7.44. The van der Waals surface area contributed by atoms with Gasteiger partial charge in [0.25, 0.3) is 0 Å². The molecular weight excluding hydrogens is 374 g/mol. The quantitative estimate of drug-likeness (QED) is 0.794. The van der Waals surface area contributed by atoms with Crippen molar-refractivity contribution in [3.05, 3.63) is 33.9 Å². The van der Waals surface area contributed by atoms with E-state index >= 15 is 0 Å². The molecule has 28 heavy (non-hydrogen) atoms. The number of nitrogens with one attached hydrogen (secondary N) is 1. The number of nitrogens with zero attached hydrogens (tertiary/aromatic N) is 3. The van der Waals surface area contributed by atoms with Gasteiger partial charge in [0.2, 0.25) is 5.43 Å². The van der Waals surface area contributed by atoms with Gasteiger partial charge in [0, 0.05) is 32.3 Å². The Labute approximate surface area is 157 Å². The average molecular weight is 392 g/mol. The van der Waals surface area contributed by atoms with Crippen molar-refractivity contribution in [2.45, 2.75) is 30.8 Å². The van der Waals surface area contributed by atoms with Crippen LogP contribution in [0.3, 0.4) is 0 Å². The maximum atomic E-state index is 14.9. The number of hydrogen-bond donors (Lipinski definition) is 2. The molecule has 0 bridgehead atoms. The van der Waals surface area contributed by atoms with Crippen LogP contribution in [0.4, 0.5) is 14.6 Å². The summed E-state index contributed by atoms with van der Waals surface area (Å²) in [6.45, 7) is 2.24. The molecule has 0 amide bonds. The van der Waals surface area contributed by atoms with Crippen molar-refractivity contribution in [3.63, 3.8) is 0 Å². The molecule has 2 unspecified atom stereocenters. The highest BCUT2D eigenvalue weighted by molar-refractivity contribution is 5.92. The predicted octanol–water partition coefficient (Wildman–Crippen LogP) is 0.694. The van der Waals surface area contributed by atoms with Gasteiger partial charge in [-0.25, -0.2) is 18.6 Å². The highest BCUT2D eigenvalue weighted by atomic mass is 19.1. The normalized spacial score (nSPS) is 29.1. The third-order valence-corrected chi connectivity index (χ3v) is 5.61. The Morgan fingerprint density at radius 2 is 2.18 bits per heavy atom. The maximum absolute atomic E-state index is 14.9. The Morgan fingerprint density at radius 1 is 1.39 bits per heavy atom. The zero-order chi connectivity index (χ0) is 19.6. The Morgan fingerprint density at radius 3 is 2.86 bits per heavy atom. The number of rotatable bonds is 3. The first-order valence-electron chi connectivity index (χ1n) is 9.16. The van der Waals surface area contributed by atoms with E-state index < -0.39 is 35.0 Å². The molecule has 3 aliphatic rings. The largest absolute Gasteiger partial charge is 0.477 e. The van der Waals surface area contributed by atoms with E-state index in [-0.39, 0.29) is 35.4 Å². The molecule has 5 rings (SSSR count). The standard InChI is InChI=1S/C18H18F2N4O4/c19-10-4-13(10)24-5-9(18(26)27)15(25)8-3-11(20)17(22-16(8)24)23-6-12-14(7-23)28-2-1-21-12/h3,5,10,12-14,21H,1-2,4,6-7H2,(H,26,27)/t10?,12-,13?,14+/m0/s1. The highest BCUT2D eigenvalue weighted by Gasteiger charge is 2.41. The zero-order valence-electron chi connectivity index (χ0n) is 14.8. The number of alkyl halides is 1. The number of pyridine rings is 2. The van der Waals surface area contributed by atoms with Crippen LogP contribution in [0.15, 0.2) is 17.1 Å². The fourth-order valence-corrected chi connectivity index (χ4v) is 4.07. The number of aromatic carboxylic acids is 1. The molecule has 10 heteroatoms. The maximum Gasteiger partial charge on any atom is 0.341 e. The lowest BCUT2D eigenvalue weighted by Crippen LogP contribution is -2.47. The number of aromatic nitrogens is 2. The molecule has 2 aromatic rings. The first-order valence-corrected chi connectivity index (χ1v) is 9.16. The van der Waals surface area contributed by atoms with Crippen molar-refractivity contribution >= 4 is 22.8 Å². The number of carbonyl (C=O) groups is 1. The van der Waals surface area contributed by atoms with E-state index in [1.807, 2.05) is 0 Å². The number of hydrogen-bond acceptors (Lipinski definition) is 6. The van der Waals surface area contributed by atoms with Gasteiger partial charge in [0.05, 0.1) is 30.2 Å². The lowest BCUT2D eigenvalue weighted by atomic mass is 10.2. The van der Waals surface area contributed by atoms with Crippen molar-refractivity contribution in [1.82, 2.24) is 14.9 Å². The van der Waals surface area contributed by atoms with Gasteiger partial charge in [-0.3, -0.25) is 4.79 Å².